The van der Waals surface area contributed by atoms with Crippen LogP contribution in [0.3, 0.4) is 0 Å². The van der Waals surface area contributed by atoms with Gasteiger partial charge in [-0.1, -0.05) is 12.1 Å². The van der Waals surface area contributed by atoms with Crippen LogP contribution in [0.4, 0.5) is 13.2 Å². The molecule has 4 rings (SSSR count). The highest BCUT2D eigenvalue weighted by Crippen LogP contribution is 2.43. The lowest BCUT2D eigenvalue weighted by molar-refractivity contribution is -0.153. The summed E-state index contributed by atoms with van der Waals surface area (Å²) in [5, 5.41) is 0. The van der Waals surface area contributed by atoms with Crippen molar-refractivity contribution in [2.45, 2.75) is 24.9 Å². The molecule has 3 aromatic rings. The van der Waals surface area contributed by atoms with E-state index < -0.39 is 12.8 Å². The summed E-state index contributed by atoms with van der Waals surface area (Å²) >= 11 is 1.14. The Morgan fingerprint density at radius 1 is 1.00 bits per heavy atom. The van der Waals surface area contributed by atoms with E-state index in [4.69, 9.17) is 4.74 Å². The maximum atomic E-state index is 12.4. The fourth-order valence-electron chi connectivity index (χ4n) is 2.65. The molecule has 124 valence electrons. The van der Waals surface area contributed by atoms with E-state index in [1.165, 1.54) is 0 Å². The van der Waals surface area contributed by atoms with Crippen LogP contribution in [0.5, 0.6) is 5.75 Å². The molecule has 0 atom stereocenters. The van der Waals surface area contributed by atoms with Crippen molar-refractivity contribution < 1.29 is 17.9 Å². The van der Waals surface area contributed by atoms with Gasteiger partial charge in [0.05, 0.1) is 11.7 Å². The summed E-state index contributed by atoms with van der Waals surface area (Å²) in [6, 6.07) is 11.1. The number of fused-ring (bicyclic) bond motifs is 1. The van der Waals surface area contributed by atoms with Crippen molar-refractivity contribution in [1.82, 2.24) is 8.75 Å². The van der Waals surface area contributed by atoms with E-state index in [1.54, 1.807) is 12.1 Å². The molecule has 0 aliphatic heterocycles. The Kier molecular flexibility index (Phi) is 3.68. The van der Waals surface area contributed by atoms with Crippen molar-refractivity contribution in [2.75, 3.05) is 6.61 Å². The van der Waals surface area contributed by atoms with Crippen LogP contribution in [0.1, 0.15) is 24.3 Å². The molecule has 1 aromatic heterocycles. The number of benzene rings is 2. The molecule has 0 bridgehead atoms. The van der Waals surface area contributed by atoms with Crippen LogP contribution in [0, 0.1) is 0 Å². The van der Waals surface area contributed by atoms with Crippen LogP contribution in [0.25, 0.3) is 22.2 Å². The first-order valence-electron chi connectivity index (χ1n) is 7.55. The number of nitrogens with zero attached hydrogens (tertiary/aromatic N) is 2. The zero-order valence-corrected chi connectivity index (χ0v) is 13.3. The van der Waals surface area contributed by atoms with Gasteiger partial charge in [0.2, 0.25) is 0 Å². The molecule has 0 radical (unpaired) electrons. The highest BCUT2D eigenvalue weighted by Gasteiger charge is 2.29. The molecule has 1 aliphatic carbocycles. The number of alkyl halides is 3. The first-order chi connectivity index (χ1) is 11.5. The van der Waals surface area contributed by atoms with Crippen LogP contribution < -0.4 is 4.74 Å². The summed E-state index contributed by atoms with van der Waals surface area (Å²) in [5.41, 5.74) is 4.37. The van der Waals surface area contributed by atoms with Crippen molar-refractivity contribution in [3.63, 3.8) is 0 Å². The third-order valence-electron chi connectivity index (χ3n) is 3.97. The predicted molar refractivity (Wildman–Crippen MR) is 86.4 cm³/mol. The number of hydrogen-bond donors (Lipinski definition) is 0. The Hall–Kier alpha value is -2.15. The van der Waals surface area contributed by atoms with Crippen LogP contribution in [0.15, 0.2) is 36.4 Å². The summed E-state index contributed by atoms with van der Waals surface area (Å²) in [4.78, 5) is 0. The zero-order valence-electron chi connectivity index (χ0n) is 12.5. The normalized spacial score (nSPS) is 15.0. The molecular weight excluding hydrogens is 337 g/mol. The molecule has 0 unspecified atom stereocenters. The van der Waals surface area contributed by atoms with Gasteiger partial charge in [0.15, 0.2) is 6.61 Å². The van der Waals surface area contributed by atoms with Gasteiger partial charge in [-0.05, 0) is 59.7 Å². The third kappa shape index (κ3) is 3.36. The molecule has 1 saturated carbocycles. The number of aromatic nitrogens is 2. The number of ether oxygens (including phenoxy) is 1. The molecule has 3 nitrogen and oxygen atoms in total. The molecule has 0 amide bonds. The van der Waals surface area contributed by atoms with Crippen molar-refractivity contribution >= 4 is 22.8 Å². The van der Waals surface area contributed by atoms with Crippen LogP contribution in [-0.4, -0.2) is 21.5 Å². The average molecular weight is 350 g/mol. The van der Waals surface area contributed by atoms with Gasteiger partial charge >= 0.3 is 6.18 Å². The number of rotatable bonds is 4. The van der Waals surface area contributed by atoms with Crippen LogP contribution in [0.2, 0.25) is 0 Å². The fraction of sp³-hybridized carbons (Fsp3) is 0.294. The molecule has 24 heavy (non-hydrogen) atoms. The van der Waals surface area contributed by atoms with Crippen molar-refractivity contribution in [3.8, 4) is 16.9 Å². The lowest BCUT2D eigenvalue weighted by atomic mass is 10.00. The summed E-state index contributed by atoms with van der Waals surface area (Å²) in [5.74, 6) is 0.672. The van der Waals surface area contributed by atoms with Gasteiger partial charge in [0.1, 0.15) is 16.8 Å². The lowest BCUT2D eigenvalue weighted by Gasteiger charge is -2.13. The predicted octanol–water partition coefficient (Wildman–Crippen LogP) is 5.18. The van der Waals surface area contributed by atoms with E-state index in [-0.39, 0.29) is 5.75 Å². The highest BCUT2D eigenvalue weighted by molar-refractivity contribution is 7.00. The second-order valence-corrected chi connectivity index (χ2v) is 6.47. The Bertz CT molecular complexity index is 887. The summed E-state index contributed by atoms with van der Waals surface area (Å²) in [6.07, 6.45) is -2.21. The van der Waals surface area contributed by atoms with E-state index in [0.717, 1.165) is 52.3 Å². The fourth-order valence-corrected chi connectivity index (χ4v) is 3.17. The van der Waals surface area contributed by atoms with Gasteiger partial charge in [-0.15, -0.1) is 0 Å². The van der Waals surface area contributed by atoms with E-state index in [0.29, 0.717) is 5.92 Å². The van der Waals surface area contributed by atoms with E-state index >= 15 is 0 Å². The summed E-state index contributed by atoms with van der Waals surface area (Å²) in [7, 11) is 0. The maximum absolute atomic E-state index is 12.4. The SMILES string of the molecule is FC(F)(F)COc1cc(-c2ccc3nsnc3c2)cc(C2CC2)c1. The molecule has 7 heteroatoms. The van der Waals surface area contributed by atoms with Gasteiger partial charge < -0.3 is 4.74 Å². The largest absolute Gasteiger partial charge is 0.484 e. The van der Waals surface area contributed by atoms with E-state index in [1.807, 2.05) is 24.3 Å². The topological polar surface area (TPSA) is 35.0 Å². The van der Waals surface area contributed by atoms with Gasteiger partial charge in [0, 0.05) is 0 Å². The van der Waals surface area contributed by atoms with Crippen LogP contribution in [-0.2, 0) is 0 Å². The average Bonchev–Trinajstić information content (AvgIpc) is 3.29. The Labute approximate surface area is 140 Å². The third-order valence-corrected chi connectivity index (χ3v) is 4.52. The molecule has 1 heterocycles. The Morgan fingerprint density at radius 3 is 2.54 bits per heavy atom. The lowest BCUT2D eigenvalue weighted by Crippen LogP contribution is -2.19. The highest BCUT2D eigenvalue weighted by atomic mass is 32.1. The number of hydrogen-bond acceptors (Lipinski definition) is 4. The Morgan fingerprint density at radius 2 is 1.79 bits per heavy atom. The van der Waals surface area contributed by atoms with Crippen molar-refractivity contribution in [3.05, 3.63) is 42.0 Å². The molecular formula is C17H13F3N2OS. The van der Waals surface area contributed by atoms with Crippen molar-refractivity contribution in [2.24, 2.45) is 0 Å². The minimum atomic E-state index is -4.35. The molecule has 1 aliphatic rings. The smallest absolute Gasteiger partial charge is 0.422 e. The van der Waals surface area contributed by atoms with Gasteiger partial charge in [-0.2, -0.15) is 21.9 Å². The van der Waals surface area contributed by atoms with E-state index in [9.17, 15) is 13.2 Å². The summed E-state index contributed by atoms with van der Waals surface area (Å²) in [6.45, 7) is -1.28. The first-order valence-corrected chi connectivity index (χ1v) is 8.28. The Balaban J connectivity index is 1.71. The van der Waals surface area contributed by atoms with Crippen LogP contribution >= 0.6 is 11.7 Å². The van der Waals surface area contributed by atoms with E-state index in [2.05, 4.69) is 8.75 Å². The monoisotopic (exact) mass is 350 g/mol. The van der Waals surface area contributed by atoms with Gasteiger partial charge in [-0.25, -0.2) is 0 Å². The molecule has 1 fully saturated rings. The second kappa shape index (κ2) is 5.73. The van der Waals surface area contributed by atoms with Gasteiger partial charge in [0.25, 0.3) is 0 Å². The minimum Gasteiger partial charge on any atom is -0.484 e. The molecule has 0 N–H and O–H groups in total. The standard InChI is InChI=1S/C17H13F3N2OS/c18-17(19,20)9-23-14-6-12(10-1-2-10)5-13(7-14)11-3-4-15-16(8-11)22-24-21-15/h3-8,10H,1-2,9H2. The second-order valence-electron chi connectivity index (χ2n) is 5.94. The van der Waals surface area contributed by atoms with Gasteiger partial charge in [-0.3, -0.25) is 0 Å². The maximum Gasteiger partial charge on any atom is 0.422 e. The molecule has 2 aromatic carbocycles. The zero-order chi connectivity index (χ0) is 16.7. The number of halogens is 3. The summed E-state index contributed by atoms with van der Waals surface area (Å²) < 4.78 is 50.7. The molecule has 0 spiro atoms. The minimum absolute atomic E-state index is 0.253. The quantitative estimate of drug-likeness (QED) is 0.650. The van der Waals surface area contributed by atoms with Crippen molar-refractivity contribution in [1.29, 1.82) is 0 Å². The molecule has 0 saturated heterocycles. The first kappa shape index (κ1) is 15.4.